The molecular weight excluding hydrogens is 285 g/mol. The minimum Gasteiger partial charge on any atom is -0.481 e. The third-order valence-corrected chi connectivity index (χ3v) is 3.16. The Bertz CT molecular complexity index is 698. The van der Waals surface area contributed by atoms with Gasteiger partial charge in [-0.1, -0.05) is 13.3 Å². The van der Waals surface area contributed by atoms with E-state index in [0.717, 1.165) is 18.2 Å². The molecule has 22 heavy (non-hydrogen) atoms. The van der Waals surface area contributed by atoms with Gasteiger partial charge in [-0.2, -0.15) is 0 Å². The molecule has 2 rings (SSSR count). The predicted octanol–water partition coefficient (Wildman–Crippen LogP) is 3.74. The van der Waals surface area contributed by atoms with E-state index in [4.69, 9.17) is 9.47 Å². The first-order chi connectivity index (χ1) is 10.7. The molecule has 5 heteroatoms. The summed E-state index contributed by atoms with van der Waals surface area (Å²) in [5.74, 6) is -0.558. The molecule has 0 atom stereocenters. The van der Waals surface area contributed by atoms with Crippen LogP contribution < -0.4 is 4.74 Å². The van der Waals surface area contributed by atoms with Crippen molar-refractivity contribution in [1.29, 1.82) is 0 Å². The van der Waals surface area contributed by atoms with Gasteiger partial charge in [-0.25, -0.2) is 14.2 Å². The van der Waals surface area contributed by atoms with Gasteiger partial charge in [0.25, 0.3) is 0 Å². The fraction of sp³-hybridized carbons (Fsp3) is 0.294. The van der Waals surface area contributed by atoms with E-state index in [-0.39, 0.29) is 5.56 Å². The standard InChI is InChI=1S/C17H18FNO3/c1-3-4-11-22-16(20)10-7-13-14(18)8-5-12-6-9-15(21-2)19-17(12)13/h5-10H,3-4,11H2,1-2H3. The molecule has 0 aliphatic carbocycles. The van der Waals surface area contributed by atoms with Gasteiger partial charge in [-0.3, -0.25) is 0 Å². The molecule has 0 unspecified atom stereocenters. The van der Waals surface area contributed by atoms with Gasteiger partial charge in [0.2, 0.25) is 5.88 Å². The summed E-state index contributed by atoms with van der Waals surface area (Å²) in [5.41, 5.74) is 0.681. The smallest absolute Gasteiger partial charge is 0.330 e. The molecule has 0 bridgehead atoms. The average molecular weight is 303 g/mol. The highest BCUT2D eigenvalue weighted by atomic mass is 19.1. The summed E-state index contributed by atoms with van der Waals surface area (Å²) >= 11 is 0. The van der Waals surface area contributed by atoms with Gasteiger partial charge in [0.1, 0.15) is 5.82 Å². The number of carbonyl (C=O) groups excluding carboxylic acids is 1. The second kappa shape index (κ2) is 7.54. The Hall–Kier alpha value is -2.43. The van der Waals surface area contributed by atoms with Crippen LogP contribution in [0.5, 0.6) is 5.88 Å². The summed E-state index contributed by atoms with van der Waals surface area (Å²) in [4.78, 5) is 15.8. The average Bonchev–Trinajstić information content (AvgIpc) is 2.53. The molecule has 0 saturated carbocycles. The van der Waals surface area contributed by atoms with Crippen LogP contribution in [0, 0.1) is 5.82 Å². The van der Waals surface area contributed by atoms with Crippen molar-refractivity contribution in [2.24, 2.45) is 0 Å². The Kier molecular flexibility index (Phi) is 5.47. The van der Waals surface area contributed by atoms with Gasteiger partial charge in [0.15, 0.2) is 0 Å². The highest BCUT2D eigenvalue weighted by molar-refractivity contribution is 5.93. The van der Waals surface area contributed by atoms with Crippen molar-refractivity contribution in [3.63, 3.8) is 0 Å². The van der Waals surface area contributed by atoms with Crippen molar-refractivity contribution in [3.05, 3.63) is 41.7 Å². The lowest BCUT2D eigenvalue weighted by Gasteiger charge is -2.06. The zero-order valence-corrected chi connectivity index (χ0v) is 12.6. The molecule has 4 nitrogen and oxygen atoms in total. The maximum absolute atomic E-state index is 14.0. The number of methoxy groups -OCH3 is 1. The summed E-state index contributed by atoms with van der Waals surface area (Å²) in [5, 5.41) is 0.765. The van der Waals surface area contributed by atoms with Gasteiger partial charge < -0.3 is 9.47 Å². The van der Waals surface area contributed by atoms with Crippen LogP contribution in [0.4, 0.5) is 4.39 Å². The van der Waals surface area contributed by atoms with Crippen molar-refractivity contribution in [2.45, 2.75) is 19.8 Å². The van der Waals surface area contributed by atoms with Crippen molar-refractivity contribution in [3.8, 4) is 5.88 Å². The highest BCUT2D eigenvalue weighted by Gasteiger charge is 2.08. The van der Waals surface area contributed by atoms with Crippen LogP contribution in [0.3, 0.4) is 0 Å². The summed E-state index contributed by atoms with van der Waals surface area (Å²) in [6.45, 7) is 2.37. The van der Waals surface area contributed by atoms with E-state index in [1.54, 1.807) is 18.2 Å². The molecule has 2 aromatic rings. The maximum atomic E-state index is 14.0. The Balaban J connectivity index is 2.29. The second-order valence-corrected chi connectivity index (χ2v) is 4.74. The molecule has 0 saturated heterocycles. The van der Waals surface area contributed by atoms with Crippen LogP contribution in [0.15, 0.2) is 30.3 Å². The number of pyridine rings is 1. The molecule has 1 aromatic heterocycles. The Morgan fingerprint density at radius 2 is 2.09 bits per heavy atom. The third-order valence-electron chi connectivity index (χ3n) is 3.16. The van der Waals surface area contributed by atoms with Crippen LogP contribution in [-0.2, 0) is 9.53 Å². The zero-order chi connectivity index (χ0) is 15.9. The first-order valence-electron chi connectivity index (χ1n) is 7.13. The van der Waals surface area contributed by atoms with Crippen molar-refractivity contribution in [2.75, 3.05) is 13.7 Å². The molecule has 0 radical (unpaired) electrons. The van der Waals surface area contributed by atoms with Crippen LogP contribution in [0.25, 0.3) is 17.0 Å². The summed E-state index contributed by atoms with van der Waals surface area (Å²) < 4.78 is 24.1. The maximum Gasteiger partial charge on any atom is 0.330 e. The quantitative estimate of drug-likeness (QED) is 0.463. The van der Waals surface area contributed by atoms with Gasteiger partial charge in [-0.15, -0.1) is 0 Å². The van der Waals surface area contributed by atoms with E-state index >= 15 is 0 Å². The van der Waals surface area contributed by atoms with E-state index in [0.29, 0.717) is 18.0 Å². The predicted molar refractivity (Wildman–Crippen MR) is 83.2 cm³/mol. The van der Waals surface area contributed by atoms with E-state index in [1.165, 1.54) is 25.3 Å². The summed E-state index contributed by atoms with van der Waals surface area (Å²) in [6.07, 6.45) is 4.35. The highest BCUT2D eigenvalue weighted by Crippen LogP contribution is 2.23. The van der Waals surface area contributed by atoms with Gasteiger partial charge in [0, 0.05) is 23.1 Å². The van der Waals surface area contributed by atoms with Gasteiger partial charge >= 0.3 is 5.97 Å². The van der Waals surface area contributed by atoms with E-state index in [2.05, 4.69) is 4.98 Å². The fourth-order valence-corrected chi connectivity index (χ4v) is 1.96. The number of nitrogens with zero attached hydrogens (tertiary/aromatic N) is 1. The SMILES string of the molecule is CCCCOC(=O)C=Cc1c(F)ccc2ccc(OC)nc12. The number of hydrogen-bond acceptors (Lipinski definition) is 4. The number of esters is 1. The molecular formula is C17H18FNO3. The lowest BCUT2D eigenvalue weighted by Crippen LogP contribution is -2.02. The summed E-state index contributed by atoms with van der Waals surface area (Å²) in [6, 6.07) is 6.47. The van der Waals surface area contributed by atoms with Crippen LogP contribution in [0.2, 0.25) is 0 Å². The third kappa shape index (κ3) is 3.81. The normalized spacial score (nSPS) is 11.0. The number of aromatic nitrogens is 1. The van der Waals surface area contributed by atoms with Crippen LogP contribution in [-0.4, -0.2) is 24.7 Å². The molecule has 116 valence electrons. The first-order valence-corrected chi connectivity index (χ1v) is 7.13. The number of hydrogen-bond donors (Lipinski definition) is 0. The lowest BCUT2D eigenvalue weighted by atomic mass is 10.1. The molecule has 1 heterocycles. The number of fused-ring (bicyclic) bond motifs is 1. The van der Waals surface area contributed by atoms with Crippen molar-refractivity contribution < 1.29 is 18.7 Å². The zero-order valence-electron chi connectivity index (χ0n) is 12.6. The number of benzene rings is 1. The molecule has 0 aliphatic heterocycles. The summed E-state index contributed by atoms with van der Waals surface area (Å²) in [7, 11) is 1.49. The Morgan fingerprint density at radius 3 is 2.82 bits per heavy atom. The van der Waals surface area contributed by atoms with Crippen molar-refractivity contribution >= 4 is 22.9 Å². The Labute approximate surface area is 128 Å². The second-order valence-electron chi connectivity index (χ2n) is 4.74. The lowest BCUT2D eigenvalue weighted by molar-refractivity contribution is -0.137. The van der Waals surface area contributed by atoms with Crippen molar-refractivity contribution in [1.82, 2.24) is 4.98 Å². The molecule has 0 N–H and O–H groups in total. The van der Waals surface area contributed by atoms with Gasteiger partial charge in [-0.05, 0) is 30.7 Å². The number of ether oxygens (including phenoxy) is 2. The molecule has 0 aliphatic rings. The molecule has 0 amide bonds. The minimum absolute atomic E-state index is 0.240. The van der Waals surface area contributed by atoms with Gasteiger partial charge in [0.05, 0.1) is 19.2 Å². The first kappa shape index (κ1) is 15.9. The molecule has 0 fully saturated rings. The van der Waals surface area contributed by atoms with E-state index in [9.17, 15) is 9.18 Å². The van der Waals surface area contributed by atoms with Crippen LogP contribution in [0.1, 0.15) is 25.3 Å². The molecule has 1 aromatic carbocycles. The number of rotatable bonds is 6. The largest absolute Gasteiger partial charge is 0.481 e. The monoisotopic (exact) mass is 303 g/mol. The van der Waals surface area contributed by atoms with E-state index in [1.807, 2.05) is 6.92 Å². The molecule has 0 spiro atoms. The Morgan fingerprint density at radius 1 is 1.32 bits per heavy atom. The number of carbonyl (C=O) groups is 1. The van der Waals surface area contributed by atoms with E-state index < -0.39 is 11.8 Å². The van der Waals surface area contributed by atoms with Crippen LogP contribution >= 0.6 is 0 Å². The fourth-order valence-electron chi connectivity index (χ4n) is 1.96. The topological polar surface area (TPSA) is 48.4 Å². The minimum atomic E-state index is -0.493. The number of halogens is 1. The number of unbranched alkanes of at least 4 members (excludes halogenated alkanes) is 1.